The standard InChI is InChI=1S/C31H44O4/c1-6-11-13-23-15-19-25(20-16-23)30(32)34-28(9-4)27(8-3)29(10-5)35-31(33)26-21-17-24(18-22-26)14-12-7-2/h15-22,27-29H,6-14H2,1-5H3. The van der Waals surface area contributed by atoms with Crippen molar-refractivity contribution in [2.45, 2.75) is 105 Å². The fraction of sp³-hybridized carbons (Fsp3) is 0.548. The molecule has 0 fully saturated rings. The number of benzene rings is 2. The van der Waals surface area contributed by atoms with Crippen LogP contribution in [0.3, 0.4) is 0 Å². The van der Waals surface area contributed by atoms with Gasteiger partial charge in [0.2, 0.25) is 0 Å². The summed E-state index contributed by atoms with van der Waals surface area (Å²) in [6.07, 6.45) is 8.06. The van der Waals surface area contributed by atoms with Crippen LogP contribution in [0, 0.1) is 5.92 Å². The van der Waals surface area contributed by atoms with E-state index in [1.54, 1.807) is 0 Å². The molecule has 35 heavy (non-hydrogen) atoms. The second-order valence-corrected chi connectivity index (χ2v) is 9.38. The summed E-state index contributed by atoms with van der Waals surface area (Å²) in [5.74, 6) is -0.701. The van der Waals surface area contributed by atoms with E-state index in [1.165, 1.54) is 11.1 Å². The smallest absolute Gasteiger partial charge is 0.338 e. The zero-order valence-electron chi connectivity index (χ0n) is 22.3. The highest BCUT2D eigenvalue weighted by molar-refractivity contribution is 5.90. The maximum atomic E-state index is 12.9. The quantitative estimate of drug-likeness (QED) is 0.243. The van der Waals surface area contributed by atoms with E-state index in [0.717, 1.165) is 44.9 Å². The van der Waals surface area contributed by atoms with Gasteiger partial charge in [-0.05, 0) is 80.3 Å². The van der Waals surface area contributed by atoms with Crippen LogP contribution >= 0.6 is 0 Å². The van der Waals surface area contributed by atoms with Crippen molar-refractivity contribution in [1.29, 1.82) is 0 Å². The molecule has 192 valence electrons. The van der Waals surface area contributed by atoms with Gasteiger partial charge in [-0.15, -0.1) is 0 Å². The first kappa shape index (κ1) is 28.6. The molecule has 4 nitrogen and oxygen atoms in total. The lowest BCUT2D eigenvalue weighted by Gasteiger charge is -2.31. The Morgan fingerprint density at radius 2 is 0.971 bits per heavy atom. The average Bonchev–Trinajstić information content (AvgIpc) is 2.90. The van der Waals surface area contributed by atoms with E-state index in [-0.39, 0.29) is 30.1 Å². The molecule has 0 spiro atoms. The highest BCUT2D eigenvalue weighted by atomic mass is 16.6. The maximum absolute atomic E-state index is 12.9. The van der Waals surface area contributed by atoms with Crippen molar-refractivity contribution in [3.05, 3.63) is 70.8 Å². The van der Waals surface area contributed by atoms with Crippen molar-refractivity contribution < 1.29 is 19.1 Å². The molecule has 0 saturated carbocycles. The summed E-state index contributed by atoms with van der Waals surface area (Å²) in [5, 5.41) is 0. The van der Waals surface area contributed by atoms with E-state index >= 15 is 0 Å². The minimum absolute atomic E-state index is 0.0643. The number of hydrogen-bond donors (Lipinski definition) is 0. The molecule has 0 aliphatic heterocycles. The second-order valence-electron chi connectivity index (χ2n) is 9.38. The number of aryl methyl sites for hydroxylation is 2. The van der Waals surface area contributed by atoms with Gasteiger partial charge in [-0.1, -0.05) is 71.7 Å². The summed E-state index contributed by atoms with van der Waals surface area (Å²) in [4.78, 5) is 25.8. The van der Waals surface area contributed by atoms with E-state index in [1.807, 2.05) is 62.4 Å². The van der Waals surface area contributed by atoms with Crippen LogP contribution in [0.5, 0.6) is 0 Å². The van der Waals surface area contributed by atoms with E-state index in [9.17, 15) is 9.59 Å². The Hall–Kier alpha value is -2.62. The van der Waals surface area contributed by atoms with Crippen LogP contribution in [0.4, 0.5) is 0 Å². The zero-order chi connectivity index (χ0) is 25.6. The SMILES string of the molecule is CCCCc1ccc(C(=O)OC(CC)C(CC)C(CC)OC(=O)c2ccc(CCCC)cc2)cc1. The number of carbonyl (C=O) groups is 2. The van der Waals surface area contributed by atoms with Gasteiger partial charge in [-0.3, -0.25) is 0 Å². The van der Waals surface area contributed by atoms with Crippen LogP contribution in [0.15, 0.2) is 48.5 Å². The Balaban J connectivity index is 2.04. The van der Waals surface area contributed by atoms with Gasteiger partial charge in [0, 0.05) is 5.92 Å². The number of carbonyl (C=O) groups excluding carboxylic acids is 2. The largest absolute Gasteiger partial charge is 0.458 e. The topological polar surface area (TPSA) is 52.6 Å². The third-order valence-corrected chi connectivity index (χ3v) is 6.77. The summed E-state index contributed by atoms with van der Waals surface area (Å²) >= 11 is 0. The van der Waals surface area contributed by atoms with E-state index in [0.29, 0.717) is 24.0 Å². The van der Waals surface area contributed by atoms with Gasteiger partial charge >= 0.3 is 11.9 Å². The lowest BCUT2D eigenvalue weighted by molar-refractivity contribution is -0.0362. The van der Waals surface area contributed by atoms with Crippen molar-refractivity contribution >= 4 is 11.9 Å². The van der Waals surface area contributed by atoms with Gasteiger partial charge in [-0.2, -0.15) is 0 Å². The van der Waals surface area contributed by atoms with Crippen molar-refractivity contribution in [2.75, 3.05) is 0 Å². The fourth-order valence-electron chi connectivity index (χ4n) is 4.50. The number of ether oxygens (including phenoxy) is 2. The van der Waals surface area contributed by atoms with E-state index in [2.05, 4.69) is 20.8 Å². The predicted molar refractivity (Wildman–Crippen MR) is 143 cm³/mol. The van der Waals surface area contributed by atoms with Crippen LogP contribution in [0.2, 0.25) is 0 Å². The molecule has 0 radical (unpaired) electrons. The van der Waals surface area contributed by atoms with Crippen LogP contribution in [0.1, 0.15) is 111 Å². The van der Waals surface area contributed by atoms with Crippen LogP contribution in [-0.4, -0.2) is 24.1 Å². The Morgan fingerprint density at radius 3 is 1.26 bits per heavy atom. The molecular weight excluding hydrogens is 436 g/mol. The molecule has 2 unspecified atom stereocenters. The minimum Gasteiger partial charge on any atom is -0.458 e. The van der Waals surface area contributed by atoms with E-state index in [4.69, 9.17) is 9.47 Å². The molecule has 2 aromatic rings. The number of hydrogen-bond acceptors (Lipinski definition) is 4. The molecule has 2 aromatic carbocycles. The Morgan fingerprint density at radius 1 is 0.600 bits per heavy atom. The first-order valence-corrected chi connectivity index (χ1v) is 13.6. The third-order valence-electron chi connectivity index (χ3n) is 6.77. The summed E-state index contributed by atoms with van der Waals surface area (Å²) in [5.41, 5.74) is 3.59. The lowest BCUT2D eigenvalue weighted by atomic mass is 9.89. The highest BCUT2D eigenvalue weighted by Crippen LogP contribution is 2.26. The minimum atomic E-state index is -0.318. The first-order chi connectivity index (χ1) is 17.0. The van der Waals surface area contributed by atoms with Gasteiger partial charge < -0.3 is 9.47 Å². The molecule has 4 heteroatoms. The molecule has 0 amide bonds. The van der Waals surface area contributed by atoms with E-state index < -0.39 is 0 Å². The summed E-state index contributed by atoms with van der Waals surface area (Å²) < 4.78 is 11.9. The molecule has 0 N–H and O–H groups in total. The summed E-state index contributed by atoms with van der Waals surface area (Å²) in [7, 11) is 0. The van der Waals surface area contributed by atoms with Crippen LogP contribution in [-0.2, 0) is 22.3 Å². The average molecular weight is 481 g/mol. The molecule has 2 rings (SSSR count). The monoisotopic (exact) mass is 480 g/mol. The second kappa shape index (κ2) is 15.4. The van der Waals surface area contributed by atoms with Crippen molar-refractivity contribution in [1.82, 2.24) is 0 Å². The van der Waals surface area contributed by atoms with Crippen molar-refractivity contribution in [2.24, 2.45) is 5.92 Å². The van der Waals surface area contributed by atoms with Crippen molar-refractivity contribution in [3.8, 4) is 0 Å². The van der Waals surface area contributed by atoms with Gasteiger partial charge in [0.05, 0.1) is 11.1 Å². The summed E-state index contributed by atoms with van der Waals surface area (Å²) in [6, 6.07) is 15.4. The maximum Gasteiger partial charge on any atom is 0.338 e. The highest BCUT2D eigenvalue weighted by Gasteiger charge is 2.32. The number of esters is 2. The predicted octanol–water partition coefficient (Wildman–Crippen LogP) is 7.97. The Bertz CT molecular complexity index is 812. The summed E-state index contributed by atoms with van der Waals surface area (Å²) in [6.45, 7) is 10.4. The van der Waals surface area contributed by atoms with Gasteiger partial charge in [0.25, 0.3) is 0 Å². The molecule has 0 aromatic heterocycles. The van der Waals surface area contributed by atoms with Gasteiger partial charge in [0.15, 0.2) is 0 Å². The fourth-order valence-corrected chi connectivity index (χ4v) is 4.50. The Labute approximate surface area is 212 Å². The number of rotatable bonds is 15. The lowest BCUT2D eigenvalue weighted by Crippen LogP contribution is -2.37. The van der Waals surface area contributed by atoms with Crippen LogP contribution in [0.25, 0.3) is 0 Å². The van der Waals surface area contributed by atoms with Gasteiger partial charge in [-0.25, -0.2) is 9.59 Å². The number of unbranched alkanes of at least 4 members (excludes halogenated alkanes) is 2. The van der Waals surface area contributed by atoms with Crippen molar-refractivity contribution in [3.63, 3.8) is 0 Å². The normalized spacial score (nSPS) is 13.6. The molecule has 0 saturated heterocycles. The van der Waals surface area contributed by atoms with Gasteiger partial charge in [0.1, 0.15) is 12.2 Å². The zero-order valence-corrected chi connectivity index (χ0v) is 22.3. The molecule has 0 aliphatic carbocycles. The van der Waals surface area contributed by atoms with Crippen LogP contribution < -0.4 is 0 Å². The Kier molecular flexibility index (Phi) is 12.6. The molecule has 0 aliphatic rings. The third kappa shape index (κ3) is 8.83. The molecule has 0 bridgehead atoms. The first-order valence-electron chi connectivity index (χ1n) is 13.6. The molecular formula is C31H44O4. The molecule has 2 atom stereocenters. The molecule has 0 heterocycles.